The average Bonchev–Trinajstić information content (AvgIpc) is 2.70. The predicted molar refractivity (Wildman–Crippen MR) is 104 cm³/mol. The molecule has 0 atom stereocenters. The van der Waals surface area contributed by atoms with Crippen molar-refractivity contribution in [3.05, 3.63) is 113 Å². The third-order valence-corrected chi connectivity index (χ3v) is 5.41. The van der Waals surface area contributed by atoms with Gasteiger partial charge in [-0.2, -0.15) is 4.39 Å². The molecule has 0 bridgehead atoms. The highest BCUT2D eigenvalue weighted by Gasteiger charge is 2.24. The van der Waals surface area contributed by atoms with E-state index in [0.717, 1.165) is 5.56 Å². The van der Waals surface area contributed by atoms with E-state index in [0.29, 0.717) is 5.56 Å². The third-order valence-electron chi connectivity index (χ3n) is 3.83. The number of hydrogen-bond donors (Lipinski definition) is 0. The largest absolute Gasteiger partial charge is 0.233 e. The van der Waals surface area contributed by atoms with Crippen LogP contribution in [0.4, 0.5) is 4.39 Å². The Bertz CT molecular complexity index is 1020. The zero-order chi connectivity index (χ0) is 18.4. The molecule has 3 rings (SSSR count). The molecule has 0 aliphatic rings. The van der Waals surface area contributed by atoms with E-state index in [2.05, 4.69) is 0 Å². The fraction of sp³-hybridized carbons (Fsp3) is 0. The molecule has 26 heavy (non-hydrogen) atoms. The molecule has 0 aromatic heterocycles. The maximum atomic E-state index is 15.2. The molecule has 0 fully saturated rings. The maximum absolute atomic E-state index is 15.2. The van der Waals surface area contributed by atoms with E-state index in [1.807, 2.05) is 30.3 Å². The second-order valence-electron chi connectivity index (χ2n) is 5.61. The van der Waals surface area contributed by atoms with E-state index >= 15 is 4.39 Å². The van der Waals surface area contributed by atoms with Gasteiger partial charge in [0.05, 0.1) is 4.90 Å². The SMILES string of the molecule is O=S(=O)(/C(F)=C(/C=C/c1ccccc1)c1ccccc1)c1ccccc1. The molecule has 0 aliphatic carbocycles. The Morgan fingerprint density at radius 3 is 1.81 bits per heavy atom. The zero-order valence-corrected chi connectivity index (χ0v) is 14.7. The lowest BCUT2D eigenvalue weighted by Gasteiger charge is -2.08. The van der Waals surface area contributed by atoms with E-state index in [4.69, 9.17) is 0 Å². The number of rotatable bonds is 5. The quantitative estimate of drug-likeness (QED) is 0.559. The molecule has 0 amide bonds. The van der Waals surface area contributed by atoms with Crippen molar-refractivity contribution in [1.82, 2.24) is 0 Å². The fourth-order valence-electron chi connectivity index (χ4n) is 2.48. The highest BCUT2D eigenvalue weighted by atomic mass is 32.2. The molecular weight excluding hydrogens is 347 g/mol. The summed E-state index contributed by atoms with van der Waals surface area (Å²) in [5, 5.41) is -1.16. The summed E-state index contributed by atoms with van der Waals surface area (Å²) in [6.07, 6.45) is 3.20. The highest BCUT2D eigenvalue weighted by Crippen LogP contribution is 2.30. The van der Waals surface area contributed by atoms with Crippen molar-refractivity contribution in [2.75, 3.05) is 0 Å². The molecule has 3 aromatic rings. The van der Waals surface area contributed by atoms with Gasteiger partial charge in [0.1, 0.15) is 0 Å². The number of benzene rings is 3. The monoisotopic (exact) mass is 364 g/mol. The summed E-state index contributed by atoms with van der Waals surface area (Å²) >= 11 is 0. The molecule has 4 heteroatoms. The van der Waals surface area contributed by atoms with Crippen LogP contribution in [0.25, 0.3) is 11.6 Å². The van der Waals surface area contributed by atoms with Gasteiger partial charge in [0.2, 0.25) is 15.0 Å². The minimum Gasteiger partial charge on any atom is -0.216 e. The van der Waals surface area contributed by atoms with Crippen molar-refractivity contribution in [3.63, 3.8) is 0 Å². The lowest BCUT2D eigenvalue weighted by Crippen LogP contribution is -2.03. The van der Waals surface area contributed by atoms with Gasteiger partial charge in [-0.15, -0.1) is 0 Å². The molecule has 0 spiro atoms. The summed E-state index contributed by atoms with van der Waals surface area (Å²) in [5.41, 5.74) is 1.38. The van der Waals surface area contributed by atoms with Crippen molar-refractivity contribution in [2.45, 2.75) is 4.90 Å². The summed E-state index contributed by atoms with van der Waals surface area (Å²) in [4.78, 5) is -0.0703. The van der Waals surface area contributed by atoms with Gasteiger partial charge in [-0.1, -0.05) is 91.0 Å². The topological polar surface area (TPSA) is 34.1 Å². The summed E-state index contributed by atoms with van der Waals surface area (Å²) < 4.78 is 40.5. The number of hydrogen-bond acceptors (Lipinski definition) is 2. The maximum Gasteiger partial charge on any atom is 0.233 e. The second kappa shape index (κ2) is 7.93. The Morgan fingerprint density at radius 1 is 0.731 bits per heavy atom. The van der Waals surface area contributed by atoms with Crippen LogP contribution in [0, 0.1) is 0 Å². The predicted octanol–water partition coefficient (Wildman–Crippen LogP) is 5.51. The first kappa shape index (κ1) is 17.8. The third kappa shape index (κ3) is 3.98. The summed E-state index contributed by atoms with van der Waals surface area (Å²) in [7, 11) is -4.23. The van der Waals surface area contributed by atoms with Crippen LogP contribution in [0.5, 0.6) is 0 Å². The van der Waals surface area contributed by atoms with E-state index in [1.54, 1.807) is 54.6 Å². The smallest absolute Gasteiger partial charge is 0.216 e. The van der Waals surface area contributed by atoms with Gasteiger partial charge in [0.15, 0.2) is 0 Å². The van der Waals surface area contributed by atoms with Gasteiger partial charge in [0, 0.05) is 5.57 Å². The molecular formula is C22H17FO2S. The van der Waals surface area contributed by atoms with Gasteiger partial charge in [-0.25, -0.2) is 8.42 Å². The minimum atomic E-state index is -4.23. The molecule has 0 aliphatic heterocycles. The molecule has 130 valence electrons. The number of allylic oxidation sites excluding steroid dienone is 2. The Kier molecular flexibility index (Phi) is 5.44. The molecule has 0 saturated heterocycles. The van der Waals surface area contributed by atoms with Gasteiger partial charge in [-0.05, 0) is 23.3 Å². The molecule has 0 N–H and O–H groups in total. The van der Waals surface area contributed by atoms with Gasteiger partial charge in [0.25, 0.3) is 0 Å². The minimum absolute atomic E-state index is 0.0262. The first-order valence-electron chi connectivity index (χ1n) is 8.07. The van der Waals surface area contributed by atoms with Crippen LogP contribution < -0.4 is 0 Å². The molecule has 0 radical (unpaired) electrons. The Balaban J connectivity index is 2.13. The Hall–Kier alpha value is -2.98. The van der Waals surface area contributed by atoms with Gasteiger partial charge < -0.3 is 0 Å². The summed E-state index contributed by atoms with van der Waals surface area (Å²) in [6.45, 7) is 0. The lowest BCUT2D eigenvalue weighted by molar-refractivity contribution is 0.578. The summed E-state index contributed by atoms with van der Waals surface area (Å²) in [5.74, 6) is 0. The fourth-order valence-corrected chi connectivity index (χ4v) is 3.68. The van der Waals surface area contributed by atoms with E-state index < -0.39 is 15.0 Å². The average molecular weight is 364 g/mol. The second-order valence-corrected chi connectivity index (χ2v) is 7.45. The van der Waals surface area contributed by atoms with Crippen molar-refractivity contribution in [1.29, 1.82) is 0 Å². The van der Waals surface area contributed by atoms with E-state index in [-0.39, 0.29) is 10.5 Å². The highest BCUT2D eigenvalue weighted by molar-refractivity contribution is 7.95. The van der Waals surface area contributed by atoms with Crippen LogP contribution in [-0.4, -0.2) is 8.42 Å². The van der Waals surface area contributed by atoms with Crippen LogP contribution in [-0.2, 0) is 9.84 Å². The standard InChI is InChI=1S/C22H17FO2S/c23-22(26(24,25)20-14-8-3-9-15-20)21(19-12-6-2-7-13-19)17-16-18-10-4-1-5-11-18/h1-17H/b17-16+,22-21-. The van der Waals surface area contributed by atoms with Crippen molar-refractivity contribution < 1.29 is 12.8 Å². The van der Waals surface area contributed by atoms with Gasteiger partial charge in [-0.3, -0.25) is 0 Å². The first-order chi connectivity index (χ1) is 12.6. The van der Waals surface area contributed by atoms with Crippen molar-refractivity contribution in [2.24, 2.45) is 0 Å². The first-order valence-corrected chi connectivity index (χ1v) is 9.56. The van der Waals surface area contributed by atoms with Crippen molar-refractivity contribution >= 4 is 21.5 Å². The summed E-state index contributed by atoms with van der Waals surface area (Å²) in [6, 6.07) is 25.6. The van der Waals surface area contributed by atoms with E-state index in [9.17, 15) is 8.42 Å². The van der Waals surface area contributed by atoms with Crippen molar-refractivity contribution in [3.8, 4) is 0 Å². The molecule has 3 aromatic carbocycles. The number of sulfone groups is 1. The Labute approximate surface area is 152 Å². The van der Waals surface area contributed by atoms with E-state index in [1.165, 1.54) is 18.2 Å². The van der Waals surface area contributed by atoms with Crippen LogP contribution in [0.2, 0.25) is 0 Å². The van der Waals surface area contributed by atoms with Gasteiger partial charge >= 0.3 is 0 Å². The molecule has 0 unspecified atom stereocenters. The Morgan fingerprint density at radius 2 is 1.23 bits per heavy atom. The van der Waals surface area contributed by atoms with Crippen LogP contribution >= 0.6 is 0 Å². The molecule has 0 saturated carbocycles. The number of halogens is 1. The normalized spacial score (nSPS) is 12.8. The molecule has 2 nitrogen and oxygen atoms in total. The lowest BCUT2D eigenvalue weighted by atomic mass is 10.1. The van der Waals surface area contributed by atoms with Crippen LogP contribution in [0.1, 0.15) is 11.1 Å². The molecule has 0 heterocycles. The van der Waals surface area contributed by atoms with Crippen LogP contribution in [0.15, 0.2) is 107 Å². The zero-order valence-electron chi connectivity index (χ0n) is 13.9. The van der Waals surface area contributed by atoms with Crippen LogP contribution in [0.3, 0.4) is 0 Å².